The van der Waals surface area contributed by atoms with Crippen LogP contribution in [0.3, 0.4) is 0 Å². The lowest BCUT2D eigenvalue weighted by Gasteiger charge is -2.60. The van der Waals surface area contributed by atoms with Gasteiger partial charge >= 0.3 is 0 Å². The van der Waals surface area contributed by atoms with Crippen molar-refractivity contribution in [1.82, 2.24) is 0 Å². The molecule has 3 aliphatic carbocycles. The minimum atomic E-state index is -0.508. The monoisotopic (exact) mass is 356 g/mol. The topological polar surface area (TPSA) is 52.6 Å². The molecule has 1 heterocycles. The Labute approximate surface area is 155 Å². The smallest absolute Gasteiger partial charge is 0.231 e. The van der Waals surface area contributed by atoms with Crippen LogP contribution in [0.25, 0.3) is 0 Å². The molecule has 4 nitrogen and oxygen atoms in total. The Hall–Kier alpha value is -1.84. The summed E-state index contributed by atoms with van der Waals surface area (Å²) < 4.78 is 11.4. The van der Waals surface area contributed by atoms with E-state index < -0.39 is 5.60 Å². The molecule has 0 aromatic rings. The van der Waals surface area contributed by atoms with Gasteiger partial charge in [-0.05, 0) is 61.0 Å². The number of fused-ring (bicyclic) bond motifs is 3. The van der Waals surface area contributed by atoms with Gasteiger partial charge in [-0.25, -0.2) is 0 Å². The number of allylic oxidation sites excluding steroid dienone is 3. The summed E-state index contributed by atoms with van der Waals surface area (Å²) in [5.41, 5.74) is 1.31. The number of ketones is 2. The molecule has 4 heteroatoms. The maximum absolute atomic E-state index is 12.8. The third-order valence-corrected chi connectivity index (χ3v) is 7.36. The highest BCUT2D eigenvalue weighted by Crippen LogP contribution is 2.63. The zero-order chi connectivity index (χ0) is 18.9. The van der Waals surface area contributed by atoms with Crippen molar-refractivity contribution in [3.05, 3.63) is 34.8 Å². The first-order chi connectivity index (χ1) is 12.1. The second kappa shape index (κ2) is 5.34. The van der Waals surface area contributed by atoms with E-state index in [2.05, 4.69) is 27.7 Å². The van der Waals surface area contributed by atoms with Crippen LogP contribution in [-0.2, 0) is 19.1 Å². The van der Waals surface area contributed by atoms with Crippen LogP contribution in [0.15, 0.2) is 34.8 Å². The Bertz CT molecular complexity index is 797. The molecule has 0 aromatic heterocycles. The minimum absolute atomic E-state index is 0.00892. The van der Waals surface area contributed by atoms with Crippen molar-refractivity contribution in [3.8, 4) is 0 Å². The van der Waals surface area contributed by atoms with Gasteiger partial charge in [0.05, 0.1) is 12.7 Å². The molecule has 2 fully saturated rings. The maximum Gasteiger partial charge on any atom is 0.231 e. The lowest BCUT2D eigenvalue weighted by atomic mass is 9.47. The number of hydrogen-bond acceptors (Lipinski definition) is 4. The number of Topliss-reactive ketones (excluding diaryl/α,β-unsaturated/α-hetero) is 1. The molecule has 3 atom stereocenters. The number of rotatable bonds is 1. The van der Waals surface area contributed by atoms with Gasteiger partial charge in [-0.2, -0.15) is 0 Å². The predicted octanol–water partition coefficient (Wildman–Crippen LogP) is 4.26. The first-order valence-electron chi connectivity index (χ1n) is 9.63. The van der Waals surface area contributed by atoms with Crippen LogP contribution in [0.4, 0.5) is 0 Å². The molecule has 2 saturated carbocycles. The second-order valence-corrected chi connectivity index (χ2v) is 9.39. The van der Waals surface area contributed by atoms with Gasteiger partial charge < -0.3 is 9.47 Å². The summed E-state index contributed by atoms with van der Waals surface area (Å²) in [5, 5.41) is 0. The van der Waals surface area contributed by atoms with Crippen molar-refractivity contribution in [2.45, 2.75) is 65.4 Å². The first kappa shape index (κ1) is 17.6. The van der Waals surface area contributed by atoms with Crippen LogP contribution in [0.2, 0.25) is 0 Å². The van der Waals surface area contributed by atoms with Gasteiger partial charge in [-0.15, -0.1) is 0 Å². The SMILES string of the molecule is COC1=CC(=O)C2=C(C=C3C(C)(CCC4C(C)(C)CCC[C@]34C)O2)C1=O. The van der Waals surface area contributed by atoms with E-state index in [0.29, 0.717) is 11.5 Å². The van der Waals surface area contributed by atoms with Gasteiger partial charge in [0.25, 0.3) is 0 Å². The fraction of sp³-hybridized carbons (Fsp3) is 0.636. The normalized spacial score (nSPS) is 38.4. The Balaban J connectivity index is 1.85. The lowest BCUT2D eigenvalue weighted by molar-refractivity contribution is -0.125. The molecule has 0 amide bonds. The van der Waals surface area contributed by atoms with Crippen molar-refractivity contribution in [1.29, 1.82) is 0 Å². The van der Waals surface area contributed by atoms with E-state index in [0.717, 1.165) is 19.3 Å². The fourth-order valence-corrected chi connectivity index (χ4v) is 6.11. The van der Waals surface area contributed by atoms with E-state index >= 15 is 0 Å². The van der Waals surface area contributed by atoms with Crippen LogP contribution in [0.1, 0.15) is 59.8 Å². The molecule has 0 saturated heterocycles. The number of hydrogen-bond donors (Lipinski definition) is 0. The number of methoxy groups -OCH3 is 1. The first-order valence-corrected chi connectivity index (χ1v) is 9.63. The number of carbonyl (C=O) groups excluding carboxylic acids is 2. The number of ether oxygens (including phenoxy) is 2. The molecule has 2 unspecified atom stereocenters. The average Bonchev–Trinajstić information content (AvgIpc) is 2.56. The van der Waals surface area contributed by atoms with E-state index in [1.165, 1.54) is 31.6 Å². The van der Waals surface area contributed by atoms with Crippen molar-refractivity contribution in [3.63, 3.8) is 0 Å². The third-order valence-electron chi connectivity index (χ3n) is 7.36. The molecule has 26 heavy (non-hydrogen) atoms. The van der Waals surface area contributed by atoms with E-state index in [4.69, 9.17) is 9.47 Å². The van der Waals surface area contributed by atoms with Gasteiger partial charge in [0.15, 0.2) is 11.5 Å². The summed E-state index contributed by atoms with van der Waals surface area (Å²) in [7, 11) is 1.42. The van der Waals surface area contributed by atoms with E-state index in [1.807, 2.05) is 6.08 Å². The summed E-state index contributed by atoms with van der Waals surface area (Å²) in [6.45, 7) is 9.15. The quantitative estimate of drug-likeness (QED) is 0.659. The summed E-state index contributed by atoms with van der Waals surface area (Å²) in [5.74, 6) is 0.320. The standard InChI is InChI=1S/C22H28O4/c1-20(2)8-6-9-21(3)16(20)7-10-22(4)17(21)11-13-18(24)15(25-5)12-14(23)19(13)26-22/h11-12,16H,6-10H2,1-5H3/t16?,21-,22?/m0/s1. The van der Waals surface area contributed by atoms with Crippen LogP contribution in [0.5, 0.6) is 0 Å². The van der Waals surface area contributed by atoms with Crippen molar-refractivity contribution in [2.24, 2.45) is 16.7 Å². The fourth-order valence-electron chi connectivity index (χ4n) is 6.11. The third kappa shape index (κ3) is 2.20. The molecule has 0 spiro atoms. The minimum Gasteiger partial charge on any atom is -0.492 e. The van der Waals surface area contributed by atoms with Crippen LogP contribution in [-0.4, -0.2) is 24.3 Å². The van der Waals surface area contributed by atoms with Gasteiger partial charge in [0.2, 0.25) is 11.6 Å². The zero-order valence-electron chi connectivity index (χ0n) is 16.4. The average molecular weight is 356 g/mol. The molecule has 4 rings (SSSR count). The predicted molar refractivity (Wildman–Crippen MR) is 98.2 cm³/mol. The molecule has 0 N–H and O–H groups in total. The van der Waals surface area contributed by atoms with Crippen molar-refractivity contribution in [2.75, 3.05) is 7.11 Å². The van der Waals surface area contributed by atoms with Gasteiger partial charge in [0, 0.05) is 6.08 Å². The van der Waals surface area contributed by atoms with Gasteiger partial charge in [-0.3, -0.25) is 9.59 Å². The van der Waals surface area contributed by atoms with E-state index in [9.17, 15) is 9.59 Å². The van der Waals surface area contributed by atoms with Crippen LogP contribution >= 0.6 is 0 Å². The molecule has 4 aliphatic rings. The lowest BCUT2D eigenvalue weighted by Crippen LogP contribution is -2.55. The van der Waals surface area contributed by atoms with Crippen LogP contribution in [0, 0.1) is 16.7 Å². The highest BCUT2D eigenvalue weighted by atomic mass is 16.5. The summed E-state index contributed by atoms with van der Waals surface area (Å²) in [6, 6.07) is 0. The Morgan fingerprint density at radius 1 is 1.08 bits per heavy atom. The second-order valence-electron chi connectivity index (χ2n) is 9.39. The van der Waals surface area contributed by atoms with Gasteiger partial charge in [0.1, 0.15) is 5.60 Å². The van der Waals surface area contributed by atoms with Gasteiger partial charge in [-0.1, -0.05) is 27.2 Å². The summed E-state index contributed by atoms with van der Waals surface area (Å²) in [6.07, 6.45) is 8.70. The molecule has 0 bridgehead atoms. The summed E-state index contributed by atoms with van der Waals surface area (Å²) >= 11 is 0. The van der Waals surface area contributed by atoms with E-state index in [1.54, 1.807) is 0 Å². The molecule has 0 radical (unpaired) electrons. The molecular formula is C22H28O4. The maximum atomic E-state index is 12.8. The number of carbonyl (C=O) groups is 2. The summed E-state index contributed by atoms with van der Waals surface area (Å²) in [4.78, 5) is 25.3. The molecular weight excluding hydrogens is 328 g/mol. The molecule has 0 aromatic carbocycles. The van der Waals surface area contributed by atoms with Crippen LogP contribution < -0.4 is 0 Å². The van der Waals surface area contributed by atoms with E-state index in [-0.39, 0.29) is 33.9 Å². The van der Waals surface area contributed by atoms with Crippen molar-refractivity contribution >= 4 is 11.6 Å². The Kier molecular flexibility index (Phi) is 3.61. The molecule has 1 aliphatic heterocycles. The Morgan fingerprint density at radius 3 is 2.50 bits per heavy atom. The molecule has 140 valence electrons. The largest absolute Gasteiger partial charge is 0.492 e. The van der Waals surface area contributed by atoms with Crippen molar-refractivity contribution < 1.29 is 19.1 Å². The Morgan fingerprint density at radius 2 is 1.81 bits per heavy atom. The highest BCUT2D eigenvalue weighted by Gasteiger charge is 2.58. The highest BCUT2D eigenvalue weighted by molar-refractivity contribution is 6.22. The zero-order valence-corrected chi connectivity index (χ0v) is 16.4.